The molecule has 0 aliphatic rings. The average molecular weight is 1480 g/mol. The van der Waals surface area contributed by atoms with E-state index in [1.165, 1.54) is 11.1 Å². The van der Waals surface area contributed by atoms with Crippen molar-refractivity contribution in [1.82, 2.24) is 0 Å². The van der Waals surface area contributed by atoms with Crippen molar-refractivity contribution in [2.45, 2.75) is 0 Å². The molecule has 0 aliphatic heterocycles. The molecule has 0 N–H and O–H groups in total. The van der Waals surface area contributed by atoms with Crippen molar-refractivity contribution in [3.05, 3.63) is 413 Å². The highest BCUT2D eigenvalue weighted by molar-refractivity contribution is 6.21. The van der Waals surface area contributed by atoms with Crippen LogP contribution in [-0.2, 0) is 0 Å². The summed E-state index contributed by atoms with van der Waals surface area (Å²) in [5, 5.41) is 12.9. The van der Waals surface area contributed by atoms with Crippen LogP contribution in [0.25, 0.3) is 198 Å². The summed E-state index contributed by atoms with van der Waals surface area (Å²) in [6, 6.07) is 148. The van der Waals surface area contributed by atoms with Gasteiger partial charge in [0.25, 0.3) is 0 Å². The van der Waals surface area contributed by atoms with Crippen molar-refractivity contribution < 1.29 is 17.7 Å². The van der Waals surface area contributed by atoms with Crippen LogP contribution in [0.15, 0.2) is 430 Å². The quantitative estimate of drug-likeness (QED) is 0.108. The zero-order valence-electron chi connectivity index (χ0n) is 62.8. The van der Waals surface area contributed by atoms with Crippen LogP contribution >= 0.6 is 0 Å². The Morgan fingerprint density at radius 1 is 0.155 bits per heavy atom. The van der Waals surface area contributed by atoms with E-state index in [1.807, 2.05) is 0 Å². The van der Waals surface area contributed by atoms with Crippen molar-refractivity contribution in [3.8, 4) is 89.0 Å². The van der Waals surface area contributed by atoms with Gasteiger partial charge in [0.05, 0.1) is 11.4 Å². The molecule has 23 aromatic rings. The first-order chi connectivity index (χ1) is 57.5. The molecule has 0 bridgehead atoms. The molecule has 19 aromatic carbocycles. The van der Waals surface area contributed by atoms with Gasteiger partial charge in [-0.25, -0.2) is 0 Å². The summed E-state index contributed by atoms with van der Waals surface area (Å²) in [6.07, 6.45) is 0. The summed E-state index contributed by atoms with van der Waals surface area (Å²) in [5.74, 6) is 0. The van der Waals surface area contributed by atoms with Gasteiger partial charge in [-0.15, -0.1) is 0 Å². The molecule has 6 heteroatoms. The summed E-state index contributed by atoms with van der Waals surface area (Å²) in [7, 11) is 0. The van der Waals surface area contributed by atoms with Gasteiger partial charge < -0.3 is 27.5 Å². The molecular weight excluding hydrogens is 1410 g/mol. The first-order valence-electron chi connectivity index (χ1n) is 39.5. The van der Waals surface area contributed by atoms with Crippen molar-refractivity contribution in [2.75, 3.05) is 9.80 Å². The van der Waals surface area contributed by atoms with E-state index in [0.717, 1.165) is 221 Å². The maximum Gasteiger partial charge on any atom is 0.143 e. The van der Waals surface area contributed by atoms with Gasteiger partial charge >= 0.3 is 0 Å². The van der Waals surface area contributed by atoms with Crippen molar-refractivity contribution in [2.24, 2.45) is 0 Å². The fraction of sp³-hybridized carbons (Fsp3) is 0. The Kier molecular flexibility index (Phi) is 15.5. The lowest BCUT2D eigenvalue weighted by Gasteiger charge is -2.28. The summed E-state index contributed by atoms with van der Waals surface area (Å²) in [6.45, 7) is 0. The summed E-state index contributed by atoms with van der Waals surface area (Å²) in [5.41, 5.74) is 30.4. The van der Waals surface area contributed by atoms with Crippen molar-refractivity contribution in [1.29, 1.82) is 0 Å². The normalized spacial score (nSPS) is 11.8. The zero-order valence-corrected chi connectivity index (χ0v) is 62.8. The Bertz CT molecular complexity index is 7820. The number of anilines is 6. The van der Waals surface area contributed by atoms with Gasteiger partial charge in [0, 0.05) is 104 Å². The highest BCUT2D eigenvalue weighted by Gasteiger charge is 2.26. The van der Waals surface area contributed by atoms with Crippen LogP contribution in [-0.4, -0.2) is 0 Å². The smallest absolute Gasteiger partial charge is 0.143 e. The topological polar surface area (TPSA) is 59.0 Å². The zero-order chi connectivity index (χ0) is 76.3. The number of benzene rings is 19. The first kappa shape index (κ1) is 66.3. The average Bonchev–Trinajstić information content (AvgIpc) is 1.58. The molecule has 0 saturated carbocycles. The summed E-state index contributed by atoms with van der Waals surface area (Å²) in [4.78, 5) is 4.79. The minimum atomic E-state index is 0.823. The Morgan fingerprint density at radius 2 is 0.517 bits per heavy atom. The molecule has 0 amide bonds. The van der Waals surface area contributed by atoms with Gasteiger partial charge in [-0.1, -0.05) is 291 Å². The van der Waals surface area contributed by atoms with Gasteiger partial charge in [0.1, 0.15) is 44.7 Å². The third-order valence-electron chi connectivity index (χ3n) is 23.5. The molecule has 0 atom stereocenters. The van der Waals surface area contributed by atoms with E-state index in [-0.39, 0.29) is 0 Å². The molecule has 0 saturated heterocycles. The van der Waals surface area contributed by atoms with Gasteiger partial charge in [-0.3, -0.25) is 0 Å². The second-order valence-electron chi connectivity index (χ2n) is 30.1. The van der Waals surface area contributed by atoms with E-state index in [9.17, 15) is 0 Å². The second-order valence-corrected chi connectivity index (χ2v) is 30.1. The fourth-order valence-corrected chi connectivity index (χ4v) is 17.9. The Labute approximate surface area is 668 Å². The van der Waals surface area contributed by atoms with E-state index >= 15 is 0 Å². The largest absolute Gasteiger partial charge is 0.455 e. The van der Waals surface area contributed by atoms with Crippen LogP contribution in [0.3, 0.4) is 0 Å². The van der Waals surface area contributed by atoms with Gasteiger partial charge in [0.2, 0.25) is 0 Å². The van der Waals surface area contributed by atoms with Crippen LogP contribution < -0.4 is 9.80 Å². The van der Waals surface area contributed by atoms with Crippen LogP contribution in [0.5, 0.6) is 0 Å². The SMILES string of the molecule is c1ccc(-c2ccc(N(c3cccc(-c4cccc5c4oc4c(-c6ccccc6)cccc45)c3)c3ccccc3-c3ccc4oc5c6ccc(-c7ccc(-c8cccc(N(c9ccc(-c%10ccccc%10)cc9)c9ccccc9-c9ccc%10oc%11c%12ccccc%12ccc%11c%10c9)c8)c8oc9ccccc9c78)cc6ccc5c4c3)cc2)cc1. The number of nitrogens with zero attached hydrogens (tertiary/aromatic N) is 2. The van der Waals surface area contributed by atoms with Crippen LogP contribution in [0.2, 0.25) is 0 Å². The van der Waals surface area contributed by atoms with Crippen molar-refractivity contribution >= 4 is 143 Å². The maximum absolute atomic E-state index is 7.10. The number of furan rings is 4. The first-order valence-corrected chi connectivity index (χ1v) is 39.5. The molecule has 116 heavy (non-hydrogen) atoms. The maximum atomic E-state index is 7.10. The van der Waals surface area contributed by atoms with Gasteiger partial charge in [-0.2, -0.15) is 0 Å². The summed E-state index contributed by atoms with van der Waals surface area (Å²) < 4.78 is 27.8. The van der Waals surface area contributed by atoms with Gasteiger partial charge in [-0.05, 0) is 193 Å². The minimum Gasteiger partial charge on any atom is -0.455 e. The number of fused-ring (bicyclic) bond motifs is 16. The highest BCUT2D eigenvalue weighted by Crippen LogP contribution is 2.51. The molecule has 23 rings (SSSR count). The molecule has 542 valence electrons. The standard InChI is InChI=1S/C110H68N2O4/c1-4-22-69(23-5-1)71-44-53-81(54-45-71)111(83-31-18-29-75(65-83)90-38-21-40-94-93-39-20-37-89(108(93)116-109(90)94)73-26-8-3-9-27-73)100-41-15-12-34-86(100)80-52-63-104-99(68-80)96-59-50-78-64-77(49-57-91(78)107(96)114-104)87-60-61-92(110-105(87)97-36-14-17-43-102(97)115-110)76-30-19-32-84(66-76)112(82-55-46-72(47-56-82)70-24-6-2-7-25-70)101-42-16-13-33-85(101)79-51-62-103-98(67-79)95-58-48-74-28-10-11-35-88(74)106(95)113-103/h1-68H. The molecule has 0 unspecified atom stereocenters. The molecule has 0 radical (unpaired) electrons. The number of para-hydroxylation sites is 5. The van der Waals surface area contributed by atoms with Crippen LogP contribution in [0.1, 0.15) is 0 Å². The third kappa shape index (κ3) is 11.1. The number of hydrogen-bond donors (Lipinski definition) is 0. The lowest BCUT2D eigenvalue weighted by atomic mass is 9.93. The Hall–Kier alpha value is -15.5. The monoisotopic (exact) mass is 1480 g/mol. The number of rotatable bonds is 14. The predicted molar refractivity (Wildman–Crippen MR) is 483 cm³/mol. The molecule has 0 fully saturated rings. The molecule has 0 spiro atoms. The van der Waals surface area contributed by atoms with E-state index in [1.54, 1.807) is 0 Å². The van der Waals surface area contributed by atoms with Crippen LogP contribution in [0.4, 0.5) is 34.1 Å². The van der Waals surface area contributed by atoms with Crippen molar-refractivity contribution in [3.63, 3.8) is 0 Å². The Morgan fingerprint density at radius 3 is 1.09 bits per heavy atom. The van der Waals surface area contributed by atoms with E-state index in [4.69, 9.17) is 17.7 Å². The Balaban J connectivity index is 0.607. The lowest BCUT2D eigenvalue weighted by Crippen LogP contribution is -2.11. The molecule has 4 heterocycles. The summed E-state index contributed by atoms with van der Waals surface area (Å²) >= 11 is 0. The predicted octanol–water partition coefficient (Wildman–Crippen LogP) is 31.9. The third-order valence-corrected chi connectivity index (χ3v) is 23.5. The van der Waals surface area contributed by atoms with Crippen LogP contribution in [0, 0.1) is 0 Å². The minimum absolute atomic E-state index is 0.823. The molecule has 0 aliphatic carbocycles. The number of hydrogen-bond acceptors (Lipinski definition) is 6. The van der Waals surface area contributed by atoms with E-state index in [0.29, 0.717) is 0 Å². The van der Waals surface area contributed by atoms with E-state index < -0.39 is 0 Å². The fourth-order valence-electron chi connectivity index (χ4n) is 17.9. The second kappa shape index (κ2) is 27.2. The van der Waals surface area contributed by atoms with E-state index in [2.05, 4.69) is 422 Å². The van der Waals surface area contributed by atoms with Gasteiger partial charge in [0.15, 0.2) is 0 Å². The molecule has 6 nitrogen and oxygen atoms in total. The molecule has 4 aromatic heterocycles. The molecular formula is C110H68N2O4. The highest BCUT2D eigenvalue weighted by atomic mass is 16.3. The lowest BCUT2D eigenvalue weighted by molar-refractivity contribution is 0.670.